The second kappa shape index (κ2) is 6.74. The summed E-state index contributed by atoms with van der Waals surface area (Å²) in [7, 11) is 0. The van der Waals surface area contributed by atoms with Crippen LogP contribution in [0.5, 0.6) is 0 Å². The van der Waals surface area contributed by atoms with Crippen LogP contribution in [0.25, 0.3) is 22.3 Å². The van der Waals surface area contributed by atoms with E-state index >= 15 is 0 Å². The van der Waals surface area contributed by atoms with Gasteiger partial charge >= 0.3 is 0 Å². The molecule has 0 saturated carbocycles. The molecule has 0 radical (unpaired) electrons. The summed E-state index contributed by atoms with van der Waals surface area (Å²) in [6.07, 6.45) is 1.66. The Morgan fingerprint density at radius 1 is 1.17 bits per heavy atom. The highest BCUT2D eigenvalue weighted by Gasteiger charge is 2.15. The first-order valence-corrected chi connectivity index (χ1v) is 7.84. The SMILES string of the molecule is CC(C)CNC(=O)c1cc(-c2ccccn2)nc2cc(F)ccc12. The number of nitrogens with one attached hydrogen (secondary N) is 1. The molecule has 0 aliphatic carbocycles. The molecule has 1 amide bonds. The third-order valence-corrected chi connectivity index (χ3v) is 3.61. The molecule has 0 aliphatic heterocycles. The van der Waals surface area contributed by atoms with Crippen LogP contribution >= 0.6 is 0 Å². The molecule has 3 aromatic rings. The fourth-order valence-electron chi connectivity index (χ4n) is 2.43. The summed E-state index contributed by atoms with van der Waals surface area (Å²) in [5, 5.41) is 3.53. The summed E-state index contributed by atoms with van der Waals surface area (Å²) in [5.41, 5.74) is 2.10. The van der Waals surface area contributed by atoms with E-state index in [1.165, 1.54) is 12.1 Å². The number of amides is 1. The van der Waals surface area contributed by atoms with Crippen molar-refractivity contribution in [2.75, 3.05) is 6.54 Å². The Bertz CT molecular complexity index is 878. The van der Waals surface area contributed by atoms with Gasteiger partial charge in [-0.1, -0.05) is 19.9 Å². The van der Waals surface area contributed by atoms with Crippen molar-refractivity contribution < 1.29 is 9.18 Å². The molecule has 0 unspecified atom stereocenters. The summed E-state index contributed by atoms with van der Waals surface area (Å²) in [6.45, 7) is 4.63. The highest BCUT2D eigenvalue weighted by Crippen LogP contribution is 2.24. The summed E-state index contributed by atoms with van der Waals surface area (Å²) >= 11 is 0. The quantitative estimate of drug-likeness (QED) is 0.794. The molecule has 0 saturated heterocycles. The zero-order valence-electron chi connectivity index (χ0n) is 13.6. The van der Waals surface area contributed by atoms with E-state index in [1.54, 1.807) is 24.4 Å². The Hall–Kier alpha value is -2.82. The van der Waals surface area contributed by atoms with Crippen LogP contribution in [0, 0.1) is 11.7 Å². The van der Waals surface area contributed by atoms with Gasteiger partial charge in [-0.15, -0.1) is 0 Å². The lowest BCUT2D eigenvalue weighted by molar-refractivity contribution is 0.0950. The van der Waals surface area contributed by atoms with Gasteiger partial charge in [0.1, 0.15) is 5.82 Å². The molecular formula is C19H18FN3O. The van der Waals surface area contributed by atoms with E-state index < -0.39 is 0 Å². The van der Waals surface area contributed by atoms with E-state index in [2.05, 4.69) is 15.3 Å². The Morgan fingerprint density at radius 3 is 2.71 bits per heavy atom. The molecular weight excluding hydrogens is 305 g/mol. The van der Waals surface area contributed by atoms with Crippen molar-refractivity contribution in [1.29, 1.82) is 0 Å². The fourth-order valence-corrected chi connectivity index (χ4v) is 2.43. The van der Waals surface area contributed by atoms with Crippen molar-refractivity contribution in [3.05, 3.63) is 60.0 Å². The van der Waals surface area contributed by atoms with E-state index in [-0.39, 0.29) is 11.7 Å². The highest BCUT2D eigenvalue weighted by atomic mass is 19.1. The number of nitrogens with zero attached hydrogens (tertiary/aromatic N) is 2. The van der Waals surface area contributed by atoms with Crippen molar-refractivity contribution in [3.8, 4) is 11.4 Å². The number of carbonyl (C=O) groups excluding carboxylic acids is 1. The maximum atomic E-state index is 13.6. The lowest BCUT2D eigenvalue weighted by Crippen LogP contribution is -2.27. The van der Waals surface area contributed by atoms with Crippen molar-refractivity contribution >= 4 is 16.8 Å². The molecule has 0 aliphatic rings. The fraction of sp³-hybridized carbons (Fsp3) is 0.211. The van der Waals surface area contributed by atoms with Crippen LogP contribution in [0.4, 0.5) is 4.39 Å². The average molecular weight is 323 g/mol. The lowest BCUT2D eigenvalue weighted by atomic mass is 10.0. The van der Waals surface area contributed by atoms with E-state index in [4.69, 9.17) is 0 Å². The molecule has 0 fully saturated rings. The zero-order chi connectivity index (χ0) is 17.1. The van der Waals surface area contributed by atoms with Crippen molar-refractivity contribution in [1.82, 2.24) is 15.3 Å². The van der Waals surface area contributed by atoms with Crippen LogP contribution < -0.4 is 5.32 Å². The number of halogens is 1. The molecule has 1 N–H and O–H groups in total. The van der Waals surface area contributed by atoms with Crippen LogP contribution in [-0.4, -0.2) is 22.4 Å². The normalized spacial score (nSPS) is 11.0. The van der Waals surface area contributed by atoms with Gasteiger partial charge in [0.2, 0.25) is 0 Å². The third kappa shape index (κ3) is 3.40. The zero-order valence-corrected chi connectivity index (χ0v) is 13.6. The first-order valence-electron chi connectivity index (χ1n) is 7.84. The summed E-state index contributed by atoms with van der Waals surface area (Å²) in [4.78, 5) is 21.3. The summed E-state index contributed by atoms with van der Waals surface area (Å²) in [6, 6.07) is 11.4. The molecule has 1 aromatic carbocycles. The molecule has 2 aromatic heterocycles. The molecule has 24 heavy (non-hydrogen) atoms. The number of rotatable bonds is 4. The van der Waals surface area contributed by atoms with Gasteiger partial charge in [-0.25, -0.2) is 9.37 Å². The van der Waals surface area contributed by atoms with Crippen LogP contribution in [0.1, 0.15) is 24.2 Å². The number of hydrogen-bond donors (Lipinski definition) is 1. The Balaban J connectivity index is 2.13. The van der Waals surface area contributed by atoms with Gasteiger partial charge in [0.25, 0.3) is 5.91 Å². The van der Waals surface area contributed by atoms with Gasteiger partial charge in [-0.3, -0.25) is 9.78 Å². The predicted octanol–water partition coefficient (Wildman–Crippen LogP) is 3.82. The van der Waals surface area contributed by atoms with Crippen molar-refractivity contribution in [2.45, 2.75) is 13.8 Å². The number of fused-ring (bicyclic) bond motifs is 1. The molecule has 4 nitrogen and oxygen atoms in total. The molecule has 0 atom stereocenters. The Kier molecular flexibility index (Phi) is 4.51. The smallest absolute Gasteiger partial charge is 0.252 e. The number of carbonyl (C=O) groups is 1. The molecule has 3 rings (SSSR count). The van der Waals surface area contributed by atoms with Crippen molar-refractivity contribution in [3.63, 3.8) is 0 Å². The van der Waals surface area contributed by atoms with Crippen LogP contribution in [0.2, 0.25) is 0 Å². The summed E-state index contributed by atoms with van der Waals surface area (Å²) in [5.74, 6) is -0.239. The van der Waals surface area contributed by atoms with Gasteiger partial charge in [-0.05, 0) is 36.2 Å². The minimum absolute atomic E-state index is 0.195. The van der Waals surface area contributed by atoms with Crippen LogP contribution in [-0.2, 0) is 0 Å². The lowest BCUT2D eigenvalue weighted by Gasteiger charge is -2.11. The van der Waals surface area contributed by atoms with Crippen LogP contribution in [0.3, 0.4) is 0 Å². The number of pyridine rings is 2. The topological polar surface area (TPSA) is 54.9 Å². The Morgan fingerprint density at radius 2 is 2.00 bits per heavy atom. The predicted molar refractivity (Wildman–Crippen MR) is 92.1 cm³/mol. The molecule has 2 heterocycles. The van der Waals surface area contributed by atoms with Gasteiger partial charge in [0.15, 0.2) is 0 Å². The molecule has 0 bridgehead atoms. The minimum atomic E-state index is -0.387. The van der Waals surface area contributed by atoms with E-state index in [9.17, 15) is 9.18 Å². The average Bonchev–Trinajstić information content (AvgIpc) is 2.59. The largest absolute Gasteiger partial charge is 0.352 e. The van der Waals surface area contributed by atoms with Crippen molar-refractivity contribution in [2.24, 2.45) is 5.92 Å². The second-order valence-corrected chi connectivity index (χ2v) is 6.04. The van der Waals surface area contributed by atoms with Gasteiger partial charge in [-0.2, -0.15) is 0 Å². The highest BCUT2D eigenvalue weighted by molar-refractivity contribution is 6.07. The monoisotopic (exact) mass is 323 g/mol. The molecule has 5 heteroatoms. The maximum Gasteiger partial charge on any atom is 0.252 e. The Labute approximate surface area is 139 Å². The first-order chi connectivity index (χ1) is 11.5. The number of benzene rings is 1. The van der Waals surface area contributed by atoms with E-state index in [0.29, 0.717) is 40.3 Å². The molecule has 0 spiro atoms. The first kappa shape index (κ1) is 16.1. The molecule has 122 valence electrons. The van der Waals surface area contributed by atoms with Gasteiger partial charge in [0.05, 0.1) is 22.5 Å². The standard InChI is InChI=1S/C19H18FN3O/c1-12(2)11-22-19(24)15-10-18(16-5-3-4-8-21-16)23-17-9-13(20)6-7-14(15)17/h3-10,12H,11H2,1-2H3,(H,22,24). The van der Waals surface area contributed by atoms with Crippen LogP contribution in [0.15, 0.2) is 48.7 Å². The second-order valence-electron chi connectivity index (χ2n) is 6.04. The minimum Gasteiger partial charge on any atom is -0.352 e. The van der Waals surface area contributed by atoms with E-state index in [1.807, 2.05) is 26.0 Å². The maximum absolute atomic E-state index is 13.6. The van der Waals surface area contributed by atoms with Gasteiger partial charge in [0, 0.05) is 24.2 Å². The third-order valence-electron chi connectivity index (χ3n) is 3.61. The van der Waals surface area contributed by atoms with E-state index in [0.717, 1.165) is 0 Å². The number of hydrogen-bond acceptors (Lipinski definition) is 3. The summed E-state index contributed by atoms with van der Waals surface area (Å²) < 4.78 is 13.6. The number of aromatic nitrogens is 2. The van der Waals surface area contributed by atoms with Gasteiger partial charge < -0.3 is 5.32 Å².